The van der Waals surface area contributed by atoms with Crippen molar-refractivity contribution in [1.82, 2.24) is 15.5 Å². The molecule has 0 aliphatic heterocycles. The molecule has 0 unspecified atom stereocenters. The number of rotatable bonds is 9. The van der Waals surface area contributed by atoms with Gasteiger partial charge in [0.1, 0.15) is 0 Å². The number of halogens is 1. The summed E-state index contributed by atoms with van der Waals surface area (Å²) < 4.78 is 6.00. The van der Waals surface area contributed by atoms with Crippen LogP contribution in [0.3, 0.4) is 0 Å². The zero-order valence-corrected chi connectivity index (χ0v) is 17.9. The third-order valence-corrected chi connectivity index (χ3v) is 4.93. The molecule has 0 bridgehead atoms. The van der Waals surface area contributed by atoms with Crippen molar-refractivity contribution in [2.75, 3.05) is 39.8 Å². The van der Waals surface area contributed by atoms with Crippen LogP contribution in [0.1, 0.15) is 58.3 Å². The molecule has 0 amide bonds. The Morgan fingerprint density at radius 3 is 2.29 bits per heavy atom. The molecule has 2 aliphatic rings. The molecule has 2 rings (SSSR count). The molecular formula is C18H37IN4O. The molecule has 24 heavy (non-hydrogen) atoms. The molecule has 142 valence electrons. The van der Waals surface area contributed by atoms with Crippen LogP contribution in [0.5, 0.6) is 0 Å². The molecule has 0 radical (unpaired) electrons. The smallest absolute Gasteiger partial charge is 0.191 e. The van der Waals surface area contributed by atoms with E-state index >= 15 is 0 Å². The second-order valence-corrected chi connectivity index (χ2v) is 6.77. The van der Waals surface area contributed by atoms with Gasteiger partial charge in [-0.1, -0.05) is 32.6 Å². The van der Waals surface area contributed by atoms with Crippen LogP contribution in [0.2, 0.25) is 0 Å². The summed E-state index contributed by atoms with van der Waals surface area (Å²) in [5, 5.41) is 6.76. The first-order chi connectivity index (χ1) is 11.3. The van der Waals surface area contributed by atoms with E-state index < -0.39 is 0 Å². The lowest BCUT2D eigenvalue weighted by atomic mass is 10.1. The Morgan fingerprint density at radius 1 is 1.04 bits per heavy atom. The maximum absolute atomic E-state index is 6.00. The van der Waals surface area contributed by atoms with Crippen molar-refractivity contribution in [2.24, 2.45) is 4.99 Å². The van der Waals surface area contributed by atoms with Crippen molar-refractivity contribution in [3.05, 3.63) is 0 Å². The van der Waals surface area contributed by atoms with Crippen molar-refractivity contribution in [2.45, 2.75) is 70.4 Å². The molecule has 0 spiro atoms. The molecule has 0 atom stereocenters. The third kappa shape index (κ3) is 8.85. The van der Waals surface area contributed by atoms with E-state index in [1.165, 1.54) is 51.4 Å². The first kappa shape index (κ1) is 22.0. The molecule has 0 aromatic heterocycles. The van der Waals surface area contributed by atoms with Crippen LogP contribution in [0.25, 0.3) is 0 Å². The Hall–Kier alpha value is -0.0800. The van der Waals surface area contributed by atoms with Gasteiger partial charge in [0.25, 0.3) is 0 Å². The molecule has 2 fully saturated rings. The first-order valence-corrected chi connectivity index (χ1v) is 9.63. The molecule has 2 saturated carbocycles. The number of aliphatic imine (C=N–C) groups is 1. The molecule has 0 aromatic carbocycles. The highest BCUT2D eigenvalue weighted by molar-refractivity contribution is 14.0. The van der Waals surface area contributed by atoms with Gasteiger partial charge < -0.3 is 15.4 Å². The normalized spacial score (nSPS) is 19.7. The highest BCUT2D eigenvalue weighted by Crippen LogP contribution is 2.25. The van der Waals surface area contributed by atoms with Gasteiger partial charge in [-0.25, -0.2) is 0 Å². The summed E-state index contributed by atoms with van der Waals surface area (Å²) >= 11 is 0. The van der Waals surface area contributed by atoms with E-state index in [1.807, 2.05) is 7.05 Å². The summed E-state index contributed by atoms with van der Waals surface area (Å²) in [5.41, 5.74) is 0. The van der Waals surface area contributed by atoms with Crippen LogP contribution in [-0.2, 0) is 4.74 Å². The summed E-state index contributed by atoms with van der Waals surface area (Å²) in [5.74, 6) is 0.890. The number of guanidine groups is 1. The summed E-state index contributed by atoms with van der Waals surface area (Å²) in [6.45, 7) is 7.04. The van der Waals surface area contributed by atoms with Gasteiger partial charge in [-0.2, -0.15) is 0 Å². The van der Waals surface area contributed by atoms with Crippen LogP contribution >= 0.6 is 24.0 Å². The van der Waals surface area contributed by atoms with Gasteiger partial charge in [-0.3, -0.25) is 9.89 Å². The molecule has 2 N–H and O–H groups in total. The van der Waals surface area contributed by atoms with Crippen LogP contribution in [0, 0.1) is 0 Å². The van der Waals surface area contributed by atoms with E-state index in [0.29, 0.717) is 6.10 Å². The summed E-state index contributed by atoms with van der Waals surface area (Å²) in [7, 11) is 1.83. The van der Waals surface area contributed by atoms with E-state index in [2.05, 4.69) is 27.4 Å². The van der Waals surface area contributed by atoms with Gasteiger partial charge in [0.05, 0.1) is 12.7 Å². The third-order valence-electron chi connectivity index (χ3n) is 4.93. The van der Waals surface area contributed by atoms with Gasteiger partial charge in [0, 0.05) is 32.7 Å². The molecule has 2 aliphatic carbocycles. The molecule has 5 nitrogen and oxygen atoms in total. The number of ether oxygens (including phenoxy) is 1. The highest BCUT2D eigenvalue weighted by atomic mass is 127. The maximum Gasteiger partial charge on any atom is 0.191 e. The molecule has 0 heterocycles. The van der Waals surface area contributed by atoms with E-state index in [9.17, 15) is 0 Å². The summed E-state index contributed by atoms with van der Waals surface area (Å²) in [6, 6.07) is 0.838. The Kier molecular flexibility index (Phi) is 12.0. The van der Waals surface area contributed by atoms with Gasteiger partial charge in [-0.15, -0.1) is 24.0 Å². The Bertz CT molecular complexity index is 342. The second kappa shape index (κ2) is 13.2. The quantitative estimate of drug-likeness (QED) is 0.186. The van der Waals surface area contributed by atoms with E-state index in [1.54, 1.807) is 0 Å². The second-order valence-electron chi connectivity index (χ2n) is 6.77. The van der Waals surface area contributed by atoms with Crippen LogP contribution in [0.4, 0.5) is 0 Å². The minimum atomic E-state index is 0. The number of nitrogens with zero attached hydrogens (tertiary/aromatic N) is 2. The zero-order valence-electron chi connectivity index (χ0n) is 15.6. The number of hydrogen-bond acceptors (Lipinski definition) is 3. The largest absolute Gasteiger partial charge is 0.376 e. The van der Waals surface area contributed by atoms with Crippen molar-refractivity contribution >= 4 is 29.9 Å². The van der Waals surface area contributed by atoms with E-state index in [-0.39, 0.29) is 24.0 Å². The minimum absolute atomic E-state index is 0. The fourth-order valence-electron chi connectivity index (χ4n) is 3.38. The lowest BCUT2D eigenvalue weighted by molar-refractivity contribution is 0.0468. The Morgan fingerprint density at radius 2 is 1.71 bits per heavy atom. The minimum Gasteiger partial charge on any atom is -0.376 e. The SMILES string of the molecule is CCN(CCNC(=NC)NCCOC1CCCCCC1)C1CC1.I. The van der Waals surface area contributed by atoms with Crippen LogP contribution in [-0.4, -0.2) is 62.8 Å². The van der Waals surface area contributed by atoms with Crippen molar-refractivity contribution in [3.8, 4) is 0 Å². The van der Waals surface area contributed by atoms with Crippen LogP contribution < -0.4 is 10.6 Å². The van der Waals surface area contributed by atoms with Gasteiger partial charge in [0.2, 0.25) is 0 Å². The fraction of sp³-hybridized carbons (Fsp3) is 0.944. The lowest BCUT2D eigenvalue weighted by Crippen LogP contribution is -2.43. The van der Waals surface area contributed by atoms with Gasteiger partial charge in [-0.05, 0) is 32.2 Å². The molecule has 0 saturated heterocycles. The number of likely N-dealkylation sites (N-methyl/N-ethyl adjacent to an activating group) is 1. The fourth-order valence-corrected chi connectivity index (χ4v) is 3.38. The summed E-state index contributed by atoms with van der Waals surface area (Å²) in [6.07, 6.45) is 11.1. The van der Waals surface area contributed by atoms with Crippen molar-refractivity contribution in [3.63, 3.8) is 0 Å². The van der Waals surface area contributed by atoms with Crippen LogP contribution in [0.15, 0.2) is 4.99 Å². The van der Waals surface area contributed by atoms with E-state index in [4.69, 9.17) is 4.74 Å². The Balaban J connectivity index is 0.00000288. The molecule has 6 heteroatoms. The first-order valence-electron chi connectivity index (χ1n) is 9.63. The average Bonchev–Trinajstić information content (AvgIpc) is 3.41. The van der Waals surface area contributed by atoms with Gasteiger partial charge in [0.15, 0.2) is 5.96 Å². The predicted octanol–water partition coefficient (Wildman–Crippen LogP) is 2.99. The van der Waals surface area contributed by atoms with Gasteiger partial charge >= 0.3 is 0 Å². The maximum atomic E-state index is 6.00. The standard InChI is InChI=1S/C18H36N4O.HI/c1-3-22(16-10-11-16)14-12-20-18(19-2)21-13-15-23-17-8-6-4-5-7-9-17;/h16-17H,3-15H2,1-2H3,(H2,19,20,21);1H. The number of hydrogen-bond donors (Lipinski definition) is 2. The lowest BCUT2D eigenvalue weighted by Gasteiger charge is -2.21. The number of nitrogens with one attached hydrogen (secondary N) is 2. The predicted molar refractivity (Wildman–Crippen MR) is 112 cm³/mol. The van der Waals surface area contributed by atoms with E-state index in [0.717, 1.165) is 44.8 Å². The van der Waals surface area contributed by atoms with Crippen molar-refractivity contribution in [1.29, 1.82) is 0 Å². The average molecular weight is 452 g/mol. The van der Waals surface area contributed by atoms with Crippen molar-refractivity contribution < 1.29 is 4.74 Å². The topological polar surface area (TPSA) is 48.9 Å². The highest BCUT2D eigenvalue weighted by Gasteiger charge is 2.27. The summed E-state index contributed by atoms with van der Waals surface area (Å²) in [4.78, 5) is 6.84. The molecule has 0 aromatic rings. The zero-order chi connectivity index (χ0) is 16.3. The monoisotopic (exact) mass is 452 g/mol. The molecular weight excluding hydrogens is 415 g/mol. The Labute approximate surface area is 165 Å².